The van der Waals surface area contributed by atoms with Crippen molar-refractivity contribution in [1.29, 1.82) is 0 Å². The van der Waals surface area contributed by atoms with Crippen molar-refractivity contribution in [2.75, 3.05) is 26.7 Å². The van der Waals surface area contributed by atoms with Crippen molar-refractivity contribution in [3.05, 3.63) is 35.6 Å². The van der Waals surface area contributed by atoms with Crippen molar-refractivity contribution in [2.45, 2.75) is 37.8 Å². The number of hydrogen-bond donors (Lipinski definition) is 3. The van der Waals surface area contributed by atoms with Crippen LogP contribution in [0.25, 0.3) is 0 Å². The summed E-state index contributed by atoms with van der Waals surface area (Å²) in [5.41, 5.74) is -0.234. The molecule has 1 saturated heterocycles. The predicted octanol–water partition coefficient (Wildman–Crippen LogP) is 0.795. The summed E-state index contributed by atoms with van der Waals surface area (Å²) in [6.07, 6.45) is 2.06. The lowest BCUT2D eigenvalue weighted by atomic mass is 9.88. The van der Waals surface area contributed by atoms with E-state index in [1.165, 1.54) is 12.1 Å². The molecule has 1 fully saturated rings. The minimum atomic E-state index is -0.937. The Labute approximate surface area is 147 Å². The van der Waals surface area contributed by atoms with Crippen LogP contribution in [0.15, 0.2) is 24.3 Å². The highest BCUT2D eigenvalue weighted by Gasteiger charge is 2.33. The van der Waals surface area contributed by atoms with Gasteiger partial charge >= 0.3 is 0 Å². The number of rotatable bonds is 7. The van der Waals surface area contributed by atoms with E-state index < -0.39 is 5.60 Å². The number of halogens is 1. The van der Waals surface area contributed by atoms with Crippen LogP contribution in [0.5, 0.6) is 0 Å². The van der Waals surface area contributed by atoms with Gasteiger partial charge in [-0.2, -0.15) is 0 Å². The Hall–Kier alpha value is -1.99. The first kappa shape index (κ1) is 19.3. The highest BCUT2D eigenvalue weighted by Crippen LogP contribution is 2.25. The number of hydrogen-bond acceptors (Lipinski definition) is 4. The smallest absolute Gasteiger partial charge is 0.234 e. The van der Waals surface area contributed by atoms with Crippen molar-refractivity contribution < 1.29 is 19.1 Å². The molecule has 3 N–H and O–H groups in total. The van der Waals surface area contributed by atoms with Gasteiger partial charge in [-0.1, -0.05) is 12.1 Å². The van der Waals surface area contributed by atoms with Crippen LogP contribution in [0.4, 0.5) is 4.39 Å². The number of amides is 2. The average molecular weight is 351 g/mol. The summed E-state index contributed by atoms with van der Waals surface area (Å²) >= 11 is 0. The van der Waals surface area contributed by atoms with Crippen molar-refractivity contribution in [3.8, 4) is 0 Å². The molecule has 0 unspecified atom stereocenters. The quantitative estimate of drug-likeness (QED) is 0.679. The molecular weight excluding hydrogens is 325 g/mol. The molecule has 1 aliphatic rings. The summed E-state index contributed by atoms with van der Waals surface area (Å²) < 4.78 is 13.1. The van der Waals surface area contributed by atoms with Gasteiger partial charge in [-0.25, -0.2) is 4.39 Å². The molecule has 0 radical (unpaired) electrons. The van der Waals surface area contributed by atoms with Gasteiger partial charge < -0.3 is 15.7 Å². The van der Waals surface area contributed by atoms with E-state index in [-0.39, 0.29) is 37.1 Å². The Balaban J connectivity index is 1.78. The van der Waals surface area contributed by atoms with Gasteiger partial charge in [0.05, 0.1) is 12.1 Å². The summed E-state index contributed by atoms with van der Waals surface area (Å²) in [5.74, 6) is -0.595. The van der Waals surface area contributed by atoms with Crippen LogP contribution in [-0.2, 0) is 16.1 Å². The van der Waals surface area contributed by atoms with Crippen LogP contribution < -0.4 is 10.6 Å². The number of benzene rings is 1. The molecule has 1 aromatic carbocycles. The minimum absolute atomic E-state index is 0.0987. The summed E-state index contributed by atoms with van der Waals surface area (Å²) in [4.78, 5) is 25.4. The molecule has 0 aromatic heterocycles. The standard InChI is InChI=1S/C18H26FN3O3/c1-20-16(23)6-8-18(25)7-3-9-22(13-18)12-17(24)21-11-14-4-2-5-15(19)10-14/h2,4-5,10,25H,3,6-9,11-13H2,1H3,(H,20,23)(H,21,24)/t18-/m0/s1. The minimum Gasteiger partial charge on any atom is -0.389 e. The summed E-state index contributed by atoms with van der Waals surface area (Å²) in [6.45, 7) is 1.55. The van der Waals surface area contributed by atoms with Gasteiger partial charge in [0.25, 0.3) is 0 Å². The lowest BCUT2D eigenvalue weighted by Gasteiger charge is -2.38. The van der Waals surface area contributed by atoms with Gasteiger partial charge in [-0.3, -0.25) is 14.5 Å². The number of nitrogens with zero attached hydrogens (tertiary/aromatic N) is 1. The van der Waals surface area contributed by atoms with Crippen LogP contribution in [0.2, 0.25) is 0 Å². The van der Waals surface area contributed by atoms with Gasteiger partial charge in [-0.15, -0.1) is 0 Å². The number of likely N-dealkylation sites (tertiary alicyclic amines) is 1. The van der Waals surface area contributed by atoms with Crippen LogP contribution >= 0.6 is 0 Å². The fourth-order valence-electron chi connectivity index (χ4n) is 3.12. The molecule has 2 amide bonds. The molecule has 0 saturated carbocycles. The van der Waals surface area contributed by atoms with Crippen LogP contribution in [0.1, 0.15) is 31.2 Å². The molecule has 138 valence electrons. The first-order valence-electron chi connectivity index (χ1n) is 8.57. The first-order chi connectivity index (χ1) is 11.9. The maximum atomic E-state index is 13.1. The van der Waals surface area contributed by atoms with E-state index >= 15 is 0 Å². The molecule has 0 bridgehead atoms. The van der Waals surface area contributed by atoms with Crippen LogP contribution in [0, 0.1) is 5.82 Å². The number of β-amino-alcohol motifs (C(OH)–C–C–N with tert-alkyl or cyclic N) is 1. The first-order valence-corrected chi connectivity index (χ1v) is 8.57. The molecule has 1 atom stereocenters. The highest BCUT2D eigenvalue weighted by atomic mass is 19.1. The van der Waals surface area contributed by atoms with Gasteiger partial charge in [0, 0.05) is 26.6 Å². The van der Waals surface area contributed by atoms with Gasteiger partial charge in [-0.05, 0) is 43.5 Å². The van der Waals surface area contributed by atoms with E-state index in [0.29, 0.717) is 24.9 Å². The number of nitrogens with one attached hydrogen (secondary N) is 2. The van der Waals surface area contributed by atoms with Crippen molar-refractivity contribution >= 4 is 11.8 Å². The third kappa shape index (κ3) is 6.43. The Morgan fingerprint density at radius 3 is 2.88 bits per heavy atom. The second-order valence-corrected chi connectivity index (χ2v) is 6.62. The number of carbonyl (C=O) groups is 2. The Kier molecular flexibility index (Phi) is 6.90. The fourth-order valence-corrected chi connectivity index (χ4v) is 3.12. The van der Waals surface area contributed by atoms with Crippen molar-refractivity contribution in [1.82, 2.24) is 15.5 Å². The summed E-state index contributed by atoms with van der Waals surface area (Å²) in [7, 11) is 1.57. The molecule has 0 spiro atoms. The maximum Gasteiger partial charge on any atom is 0.234 e. The Morgan fingerprint density at radius 1 is 1.36 bits per heavy atom. The Morgan fingerprint density at radius 2 is 2.16 bits per heavy atom. The van der Waals surface area contributed by atoms with E-state index in [1.54, 1.807) is 19.2 Å². The van der Waals surface area contributed by atoms with Crippen molar-refractivity contribution in [3.63, 3.8) is 0 Å². The lowest BCUT2D eigenvalue weighted by Crippen LogP contribution is -2.51. The summed E-state index contributed by atoms with van der Waals surface area (Å²) in [6, 6.07) is 6.10. The molecule has 25 heavy (non-hydrogen) atoms. The molecule has 7 heteroatoms. The lowest BCUT2D eigenvalue weighted by molar-refractivity contribution is -0.126. The number of piperidine rings is 1. The predicted molar refractivity (Wildman–Crippen MR) is 92.2 cm³/mol. The van der Waals surface area contributed by atoms with E-state index in [9.17, 15) is 19.1 Å². The van der Waals surface area contributed by atoms with Crippen LogP contribution in [0.3, 0.4) is 0 Å². The van der Waals surface area contributed by atoms with E-state index in [4.69, 9.17) is 0 Å². The zero-order valence-electron chi connectivity index (χ0n) is 14.6. The fraction of sp³-hybridized carbons (Fsp3) is 0.556. The zero-order chi connectivity index (χ0) is 18.3. The third-order valence-corrected chi connectivity index (χ3v) is 4.48. The molecule has 1 aliphatic heterocycles. The van der Waals surface area contributed by atoms with E-state index in [2.05, 4.69) is 10.6 Å². The van der Waals surface area contributed by atoms with Gasteiger partial charge in [0.15, 0.2) is 0 Å². The molecule has 2 rings (SSSR count). The largest absolute Gasteiger partial charge is 0.389 e. The van der Waals surface area contributed by atoms with Crippen molar-refractivity contribution in [2.24, 2.45) is 0 Å². The maximum absolute atomic E-state index is 13.1. The third-order valence-electron chi connectivity index (χ3n) is 4.48. The monoisotopic (exact) mass is 351 g/mol. The topological polar surface area (TPSA) is 81.7 Å². The normalized spacial score (nSPS) is 20.9. The molecule has 1 aromatic rings. The number of aliphatic hydroxyl groups is 1. The summed E-state index contributed by atoms with van der Waals surface area (Å²) in [5, 5.41) is 16.0. The number of carbonyl (C=O) groups excluding carboxylic acids is 2. The molecule has 1 heterocycles. The molecule has 0 aliphatic carbocycles. The Bertz CT molecular complexity index is 611. The van der Waals surface area contributed by atoms with E-state index in [1.807, 2.05) is 4.90 Å². The second kappa shape index (κ2) is 8.92. The second-order valence-electron chi connectivity index (χ2n) is 6.62. The van der Waals surface area contributed by atoms with Gasteiger partial charge in [0.2, 0.25) is 11.8 Å². The molecular formula is C18H26FN3O3. The average Bonchev–Trinajstić information content (AvgIpc) is 2.58. The molecule has 6 nitrogen and oxygen atoms in total. The zero-order valence-corrected chi connectivity index (χ0v) is 14.6. The highest BCUT2D eigenvalue weighted by molar-refractivity contribution is 5.78. The SMILES string of the molecule is CNC(=O)CC[C@@]1(O)CCCN(CC(=O)NCc2cccc(F)c2)C1. The van der Waals surface area contributed by atoms with Crippen LogP contribution in [-0.4, -0.2) is 54.1 Å². The van der Waals surface area contributed by atoms with E-state index in [0.717, 1.165) is 13.0 Å². The van der Waals surface area contributed by atoms with Gasteiger partial charge in [0.1, 0.15) is 5.82 Å².